The zero-order chi connectivity index (χ0) is 55.1. The molecule has 0 saturated carbocycles. The standard InChI is InChI=1S/C77H66N4/c1-54-21-20-32-74-75(54)70-51-55(34-49-73(70)77(74,4)5)33-39-67(53-78-58-22-10-6-11-23-58)81(61-28-16-9-17-29-61)63-42-37-57(38-43-63)56-35-40-62(41-36-56)79(59-24-12-7-13-25-59)64-44-46-65(47-45-64)80(60-26-14-8-15-27-60)66-48-50-72-69(52-66)68-30-18-19-31-71(68)76(72,2)3/h6-20,22-54,78H,21H2,1-5H3/b39-33-,67-53+. The molecule has 3 aliphatic rings. The fourth-order valence-electron chi connectivity index (χ4n) is 12.7. The van der Waals surface area contributed by atoms with Crippen LogP contribution in [0.3, 0.4) is 0 Å². The van der Waals surface area contributed by atoms with Crippen molar-refractivity contribution < 1.29 is 0 Å². The summed E-state index contributed by atoms with van der Waals surface area (Å²) < 4.78 is 0. The Hall–Kier alpha value is -9.64. The van der Waals surface area contributed by atoms with Crippen molar-refractivity contribution in [3.63, 3.8) is 0 Å². The van der Waals surface area contributed by atoms with E-state index in [1.54, 1.807) is 0 Å². The van der Waals surface area contributed by atoms with Gasteiger partial charge in [0.05, 0.1) is 5.70 Å². The molecule has 4 heteroatoms. The largest absolute Gasteiger partial charge is 0.360 e. The summed E-state index contributed by atoms with van der Waals surface area (Å²) in [7, 11) is 0. The lowest BCUT2D eigenvalue weighted by Crippen LogP contribution is -2.17. The van der Waals surface area contributed by atoms with Gasteiger partial charge in [-0.15, -0.1) is 0 Å². The van der Waals surface area contributed by atoms with Crippen LogP contribution in [0.25, 0.3) is 33.9 Å². The van der Waals surface area contributed by atoms with Crippen molar-refractivity contribution in [1.82, 2.24) is 0 Å². The second kappa shape index (κ2) is 21.2. The average Bonchev–Trinajstić information content (AvgIpc) is 4.05. The average molecular weight is 1050 g/mol. The smallest absolute Gasteiger partial charge is 0.0621 e. The van der Waals surface area contributed by atoms with Crippen molar-refractivity contribution in [2.75, 3.05) is 20.0 Å². The molecule has 1 atom stereocenters. The van der Waals surface area contributed by atoms with Crippen molar-refractivity contribution in [2.24, 2.45) is 5.92 Å². The van der Waals surface area contributed by atoms with Crippen LogP contribution in [0.4, 0.5) is 51.2 Å². The first kappa shape index (κ1) is 50.8. The molecule has 1 N–H and O–H groups in total. The number of nitrogens with zero attached hydrogens (tertiary/aromatic N) is 3. The molecule has 0 bridgehead atoms. The van der Waals surface area contributed by atoms with Crippen LogP contribution >= 0.6 is 0 Å². The van der Waals surface area contributed by atoms with Gasteiger partial charge in [-0.1, -0.05) is 192 Å². The van der Waals surface area contributed by atoms with Crippen LogP contribution in [0.15, 0.2) is 290 Å². The van der Waals surface area contributed by atoms with E-state index in [9.17, 15) is 0 Å². The monoisotopic (exact) mass is 1050 g/mol. The molecule has 81 heavy (non-hydrogen) atoms. The summed E-state index contributed by atoms with van der Waals surface area (Å²) >= 11 is 0. The lowest BCUT2D eigenvalue weighted by molar-refractivity contribution is 0.643. The fourth-order valence-corrected chi connectivity index (χ4v) is 12.7. The summed E-state index contributed by atoms with van der Waals surface area (Å²) in [5, 5.41) is 3.63. The van der Waals surface area contributed by atoms with Crippen molar-refractivity contribution in [1.29, 1.82) is 0 Å². The minimum Gasteiger partial charge on any atom is -0.360 e. The van der Waals surface area contributed by atoms with E-state index in [-0.39, 0.29) is 10.8 Å². The topological polar surface area (TPSA) is 21.8 Å². The Balaban J connectivity index is 0.809. The van der Waals surface area contributed by atoms with Gasteiger partial charge in [0.25, 0.3) is 0 Å². The fraction of sp³-hybridized carbons (Fsp3) is 0.117. The molecule has 0 aromatic heterocycles. The molecule has 394 valence electrons. The second-order valence-electron chi connectivity index (χ2n) is 22.7. The van der Waals surface area contributed by atoms with Gasteiger partial charge < -0.3 is 20.0 Å². The minimum atomic E-state index is -0.0586. The Morgan fingerprint density at radius 2 is 0.889 bits per heavy atom. The summed E-state index contributed by atoms with van der Waals surface area (Å²) in [4.78, 5) is 7.04. The first-order chi connectivity index (χ1) is 39.6. The number of allylic oxidation sites excluding steroid dienone is 5. The SMILES string of the molecule is CC1CC=CC2=C1c1cc(/C=C\C(=C/Nc3ccccc3)N(c3ccccc3)c3ccc(-c4ccc(N(c5ccccc5)c5ccc(N(c6ccccc6)c6ccc7c(c6)-c6ccccc6C7(C)C)cc5)cc4)cc3)ccc1C2(C)C. The van der Waals surface area contributed by atoms with Crippen molar-refractivity contribution in [3.8, 4) is 22.3 Å². The van der Waals surface area contributed by atoms with Gasteiger partial charge >= 0.3 is 0 Å². The summed E-state index contributed by atoms with van der Waals surface area (Å²) in [6.07, 6.45) is 12.4. The molecule has 0 amide bonds. The molecular formula is C77H66N4. The van der Waals surface area contributed by atoms with E-state index in [0.29, 0.717) is 5.92 Å². The van der Waals surface area contributed by atoms with Gasteiger partial charge in [0, 0.05) is 68.2 Å². The van der Waals surface area contributed by atoms with Gasteiger partial charge in [0.2, 0.25) is 0 Å². The van der Waals surface area contributed by atoms with Crippen molar-refractivity contribution in [2.45, 2.75) is 51.9 Å². The van der Waals surface area contributed by atoms with Gasteiger partial charge in [-0.05, 0) is 195 Å². The van der Waals surface area contributed by atoms with Crippen LogP contribution in [-0.4, -0.2) is 0 Å². The normalized spacial score (nSPS) is 15.4. The van der Waals surface area contributed by atoms with Crippen molar-refractivity contribution in [3.05, 3.63) is 318 Å². The number of hydrogen-bond donors (Lipinski definition) is 1. The zero-order valence-corrected chi connectivity index (χ0v) is 46.8. The minimum absolute atomic E-state index is 0.0133. The maximum atomic E-state index is 3.63. The van der Waals surface area contributed by atoms with E-state index in [1.165, 1.54) is 50.1 Å². The third-order valence-electron chi connectivity index (χ3n) is 16.9. The maximum Gasteiger partial charge on any atom is 0.0621 e. The number of nitrogens with one attached hydrogen (secondary N) is 1. The van der Waals surface area contributed by atoms with Gasteiger partial charge in [-0.3, -0.25) is 0 Å². The van der Waals surface area contributed by atoms with Crippen LogP contribution in [0.5, 0.6) is 0 Å². The third-order valence-corrected chi connectivity index (χ3v) is 16.9. The molecule has 0 heterocycles. The first-order valence-electron chi connectivity index (χ1n) is 28.5. The lowest BCUT2D eigenvalue weighted by Gasteiger charge is -2.29. The molecule has 0 radical (unpaired) electrons. The van der Waals surface area contributed by atoms with Gasteiger partial charge in [0.15, 0.2) is 0 Å². The number of anilines is 9. The molecular weight excluding hydrogens is 981 g/mol. The summed E-state index contributed by atoms with van der Waals surface area (Å²) in [6, 6.07) is 92.2. The quantitative estimate of drug-likeness (QED) is 0.110. The second-order valence-corrected chi connectivity index (χ2v) is 22.7. The first-order valence-corrected chi connectivity index (χ1v) is 28.5. The summed E-state index contributed by atoms with van der Waals surface area (Å²) in [5.41, 5.74) is 25.2. The number of para-hydroxylation sites is 4. The summed E-state index contributed by atoms with van der Waals surface area (Å²) in [5.74, 6) is 0.491. The molecule has 0 aliphatic heterocycles. The van der Waals surface area contributed by atoms with Crippen molar-refractivity contribution >= 4 is 62.8 Å². The molecule has 10 aromatic carbocycles. The molecule has 0 spiro atoms. The number of hydrogen-bond acceptors (Lipinski definition) is 4. The highest BCUT2D eigenvalue weighted by Gasteiger charge is 2.39. The maximum absolute atomic E-state index is 3.63. The van der Waals surface area contributed by atoms with Crippen LogP contribution in [0, 0.1) is 5.92 Å². The van der Waals surface area contributed by atoms with Gasteiger partial charge in [-0.25, -0.2) is 0 Å². The van der Waals surface area contributed by atoms with Crippen LogP contribution < -0.4 is 20.0 Å². The molecule has 3 aliphatic carbocycles. The van der Waals surface area contributed by atoms with Crippen LogP contribution in [0.1, 0.15) is 68.9 Å². The molecule has 0 saturated heterocycles. The van der Waals surface area contributed by atoms with E-state index < -0.39 is 0 Å². The predicted molar refractivity (Wildman–Crippen MR) is 344 cm³/mol. The lowest BCUT2D eigenvalue weighted by atomic mass is 9.79. The molecule has 4 nitrogen and oxygen atoms in total. The Morgan fingerprint density at radius 3 is 1.51 bits per heavy atom. The Morgan fingerprint density at radius 1 is 0.432 bits per heavy atom. The Bertz CT molecular complexity index is 4020. The van der Waals surface area contributed by atoms with Crippen LogP contribution in [0.2, 0.25) is 0 Å². The van der Waals surface area contributed by atoms with E-state index in [4.69, 9.17) is 0 Å². The predicted octanol–water partition coefficient (Wildman–Crippen LogP) is 21.0. The Kier molecular flexibility index (Phi) is 13.3. The number of rotatable bonds is 14. The van der Waals surface area contributed by atoms with E-state index in [1.807, 2.05) is 6.07 Å². The highest BCUT2D eigenvalue weighted by molar-refractivity contribution is 5.89. The molecule has 0 fully saturated rings. The number of benzene rings is 10. The third kappa shape index (κ3) is 9.57. The molecule has 10 aromatic rings. The summed E-state index contributed by atoms with van der Waals surface area (Å²) in [6.45, 7) is 11.8. The molecule has 1 unspecified atom stereocenters. The van der Waals surface area contributed by atoms with E-state index in [0.717, 1.165) is 74.4 Å². The highest BCUT2D eigenvalue weighted by Crippen LogP contribution is 2.53. The molecule has 13 rings (SSSR count). The number of fused-ring (bicyclic) bond motifs is 5. The van der Waals surface area contributed by atoms with E-state index >= 15 is 0 Å². The highest BCUT2D eigenvalue weighted by atomic mass is 15.2. The Labute approximate surface area is 478 Å². The van der Waals surface area contributed by atoms with E-state index in [2.05, 4.69) is 334 Å². The van der Waals surface area contributed by atoms with Crippen LogP contribution in [-0.2, 0) is 10.8 Å². The zero-order valence-electron chi connectivity index (χ0n) is 46.8. The van der Waals surface area contributed by atoms with Gasteiger partial charge in [0.1, 0.15) is 0 Å². The van der Waals surface area contributed by atoms with Gasteiger partial charge in [-0.2, -0.15) is 0 Å².